The van der Waals surface area contributed by atoms with Crippen molar-refractivity contribution in [2.75, 3.05) is 12.0 Å². The number of nitrogens with zero attached hydrogens (tertiary/aromatic N) is 1. The quantitative estimate of drug-likeness (QED) is 0.738. The highest BCUT2D eigenvalue weighted by Gasteiger charge is 2.22. The van der Waals surface area contributed by atoms with Crippen LogP contribution in [-0.4, -0.2) is 45.4 Å². The third-order valence-electron chi connectivity index (χ3n) is 2.86. The van der Waals surface area contributed by atoms with Crippen molar-refractivity contribution in [1.82, 2.24) is 9.88 Å². The number of hydrogen-bond acceptors (Lipinski definition) is 4. The van der Waals surface area contributed by atoms with E-state index in [0.29, 0.717) is 17.7 Å². The number of hydrogen-bond donors (Lipinski definition) is 2. The molecule has 7 heteroatoms. The Balaban J connectivity index is 2.83. The number of rotatable bonds is 7. The van der Waals surface area contributed by atoms with Crippen molar-refractivity contribution in [1.29, 1.82) is 0 Å². The number of aliphatic carboxylic acids is 1. The molecule has 0 saturated heterocycles. The Hall–Kier alpha value is -1.76. The number of carboxylic acids is 1. The van der Waals surface area contributed by atoms with E-state index in [1.165, 1.54) is 29.3 Å². The first-order chi connectivity index (χ1) is 9.36. The van der Waals surface area contributed by atoms with E-state index in [9.17, 15) is 14.4 Å². The fraction of sp³-hybridized carbons (Fsp3) is 0.462. The first-order valence-corrected chi connectivity index (χ1v) is 7.46. The van der Waals surface area contributed by atoms with Crippen LogP contribution in [0.25, 0.3) is 0 Å². The smallest absolute Gasteiger partial charge is 0.326 e. The summed E-state index contributed by atoms with van der Waals surface area (Å²) < 4.78 is 1.51. The van der Waals surface area contributed by atoms with Crippen LogP contribution in [-0.2, 0) is 11.8 Å². The lowest BCUT2D eigenvalue weighted by molar-refractivity contribution is -0.139. The van der Waals surface area contributed by atoms with Gasteiger partial charge in [0.1, 0.15) is 11.7 Å². The number of carbonyl (C=O) groups is 3. The molecule has 0 aliphatic heterocycles. The lowest BCUT2D eigenvalue weighted by atomic mass is 10.2. The van der Waals surface area contributed by atoms with E-state index in [1.54, 1.807) is 13.2 Å². The molecule has 1 amide bonds. The van der Waals surface area contributed by atoms with Gasteiger partial charge in [-0.2, -0.15) is 11.8 Å². The predicted octanol–water partition coefficient (Wildman–Crippen LogP) is 1.16. The van der Waals surface area contributed by atoms with Crippen molar-refractivity contribution in [2.45, 2.75) is 19.4 Å². The topological polar surface area (TPSA) is 88.4 Å². The van der Waals surface area contributed by atoms with Gasteiger partial charge in [0.15, 0.2) is 5.78 Å². The Bertz CT molecular complexity index is 524. The molecule has 110 valence electrons. The molecule has 1 atom stereocenters. The summed E-state index contributed by atoms with van der Waals surface area (Å²) in [5.41, 5.74) is 0.694. The molecule has 1 aromatic heterocycles. The van der Waals surface area contributed by atoms with Gasteiger partial charge in [-0.15, -0.1) is 0 Å². The number of nitrogens with one attached hydrogen (secondary N) is 1. The van der Waals surface area contributed by atoms with Crippen molar-refractivity contribution in [2.24, 2.45) is 7.05 Å². The SMILES string of the molecule is CSCC[C@@H](NC(=O)c1cc(C(C)=O)cn1C)C(=O)O. The monoisotopic (exact) mass is 298 g/mol. The zero-order valence-electron chi connectivity index (χ0n) is 11.7. The lowest BCUT2D eigenvalue weighted by Crippen LogP contribution is -2.41. The highest BCUT2D eigenvalue weighted by Crippen LogP contribution is 2.09. The summed E-state index contributed by atoms with van der Waals surface area (Å²) in [7, 11) is 1.64. The van der Waals surface area contributed by atoms with Gasteiger partial charge in [0.05, 0.1) is 0 Å². The van der Waals surface area contributed by atoms with E-state index in [2.05, 4.69) is 5.32 Å². The highest BCUT2D eigenvalue weighted by atomic mass is 32.2. The maximum absolute atomic E-state index is 12.1. The van der Waals surface area contributed by atoms with Gasteiger partial charge in [0.2, 0.25) is 0 Å². The van der Waals surface area contributed by atoms with Gasteiger partial charge in [-0.05, 0) is 31.4 Å². The lowest BCUT2D eigenvalue weighted by Gasteiger charge is -2.14. The summed E-state index contributed by atoms with van der Waals surface area (Å²) >= 11 is 1.52. The standard InChI is InChI=1S/C13H18N2O4S/c1-8(16)9-6-11(15(2)7-9)12(17)14-10(13(18)19)4-5-20-3/h6-7,10H,4-5H2,1-3H3,(H,14,17)(H,18,19)/t10-/m1/s1. The van der Waals surface area contributed by atoms with Crippen LogP contribution in [0.2, 0.25) is 0 Å². The van der Waals surface area contributed by atoms with Crippen molar-refractivity contribution in [3.63, 3.8) is 0 Å². The minimum absolute atomic E-state index is 0.142. The van der Waals surface area contributed by atoms with Crippen LogP contribution in [0.5, 0.6) is 0 Å². The van der Waals surface area contributed by atoms with Crippen LogP contribution in [0.4, 0.5) is 0 Å². The fourth-order valence-corrected chi connectivity index (χ4v) is 2.18. The summed E-state index contributed by atoms with van der Waals surface area (Å²) in [5, 5.41) is 11.6. The minimum atomic E-state index is -1.06. The first-order valence-electron chi connectivity index (χ1n) is 6.06. The van der Waals surface area contributed by atoms with Crippen LogP contribution in [0.3, 0.4) is 0 Å². The van der Waals surface area contributed by atoms with Crippen LogP contribution in [0, 0.1) is 0 Å². The number of carboxylic acid groups (broad SMARTS) is 1. The Morgan fingerprint density at radius 1 is 1.45 bits per heavy atom. The second-order valence-electron chi connectivity index (χ2n) is 4.43. The average Bonchev–Trinajstić information content (AvgIpc) is 2.76. The summed E-state index contributed by atoms with van der Waals surface area (Å²) in [6, 6.07) is 0.538. The Morgan fingerprint density at radius 3 is 2.55 bits per heavy atom. The Labute approximate surface area is 121 Å². The summed E-state index contributed by atoms with van der Waals surface area (Å²) in [5.74, 6) is -1.05. The number of carbonyl (C=O) groups excluding carboxylic acids is 2. The van der Waals surface area contributed by atoms with Crippen molar-refractivity contribution in [3.05, 3.63) is 23.5 Å². The number of aromatic nitrogens is 1. The van der Waals surface area contributed by atoms with Crippen molar-refractivity contribution in [3.8, 4) is 0 Å². The zero-order chi connectivity index (χ0) is 15.3. The molecule has 1 aromatic rings. The van der Waals surface area contributed by atoms with Crippen LogP contribution in [0.1, 0.15) is 34.2 Å². The predicted molar refractivity (Wildman–Crippen MR) is 77.3 cm³/mol. The Kier molecular flexibility index (Phi) is 5.82. The Morgan fingerprint density at radius 2 is 2.10 bits per heavy atom. The van der Waals surface area contributed by atoms with E-state index in [4.69, 9.17) is 5.11 Å². The van der Waals surface area contributed by atoms with Gasteiger partial charge >= 0.3 is 5.97 Å². The molecule has 0 bridgehead atoms. The number of thioether (sulfide) groups is 1. The second kappa shape index (κ2) is 7.14. The summed E-state index contributed by atoms with van der Waals surface area (Å²) in [4.78, 5) is 34.4. The molecule has 2 N–H and O–H groups in total. The van der Waals surface area contributed by atoms with E-state index < -0.39 is 17.9 Å². The molecule has 6 nitrogen and oxygen atoms in total. The molecule has 0 aliphatic rings. The second-order valence-corrected chi connectivity index (χ2v) is 5.41. The van der Waals surface area contributed by atoms with E-state index in [0.717, 1.165) is 0 Å². The third-order valence-corrected chi connectivity index (χ3v) is 3.50. The molecule has 0 spiro atoms. The summed E-state index contributed by atoms with van der Waals surface area (Å²) in [6.45, 7) is 1.41. The van der Waals surface area contributed by atoms with Gasteiger partial charge < -0.3 is 15.0 Å². The molecular formula is C13H18N2O4S. The zero-order valence-corrected chi connectivity index (χ0v) is 12.5. The molecule has 0 aliphatic carbocycles. The van der Waals surface area contributed by atoms with Crippen LogP contribution >= 0.6 is 11.8 Å². The number of Topliss-reactive ketones (excluding diaryl/α,β-unsaturated/α-hetero) is 1. The number of aryl methyl sites for hydroxylation is 1. The van der Waals surface area contributed by atoms with Gasteiger partial charge in [-0.25, -0.2) is 4.79 Å². The third kappa shape index (κ3) is 4.12. The maximum atomic E-state index is 12.1. The highest BCUT2D eigenvalue weighted by molar-refractivity contribution is 7.98. The molecule has 0 aromatic carbocycles. The van der Waals surface area contributed by atoms with Gasteiger partial charge in [-0.3, -0.25) is 9.59 Å². The normalized spacial score (nSPS) is 11.9. The van der Waals surface area contributed by atoms with Gasteiger partial charge in [-0.1, -0.05) is 0 Å². The molecule has 0 unspecified atom stereocenters. The van der Waals surface area contributed by atoms with E-state index >= 15 is 0 Å². The maximum Gasteiger partial charge on any atom is 0.326 e. The van der Waals surface area contributed by atoms with Crippen LogP contribution < -0.4 is 5.32 Å². The molecular weight excluding hydrogens is 280 g/mol. The van der Waals surface area contributed by atoms with E-state index in [1.807, 2.05) is 6.26 Å². The number of amides is 1. The van der Waals surface area contributed by atoms with Gasteiger partial charge in [0, 0.05) is 18.8 Å². The average molecular weight is 298 g/mol. The van der Waals surface area contributed by atoms with E-state index in [-0.39, 0.29) is 11.5 Å². The fourth-order valence-electron chi connectivity index (χ4n) is 1.71. The molecule has 1 heterocycles. The van der Waals surface area contributed by atoms with Gasteiger partial charge in [0.25, 0.3) is 5.91 Å². The van der Waals surface area contributed by atoms with Crippen molar-refractivity contribution >= 4 is 29.4 Å². The molecule has 0 saturated carbocycles. The minimum Gasteiger partial charge on any atom is -0.480 e. The number of ketones is 1. The molecule has 20 heavy (non-hydrogen) atoms. The largest absolute Gasteiger partial charge is 0.480 e. The molecule has 1 rings (SSSR count). The molecule has 0 fully saturated rings. The molecule has 0 radical (unpaired) electrons. The van der Waals surface area contributed by atoms with Crippen LogP contribution in [0.15, 0.2) is 12.3 Å². The van der Waals surface area contributed by atoms with Crippen molar-refractivity contribution < 1.29 is 19.5 Å². The first kappa shape index (κ1) is 16.3. The summed E-state index contributed by atoms with van der Waals surface area (Å²) in [6.07, 6.45) is 3.78.